The van der Waals surface area contributed by atoms with Gasteiger partial charge in [-0.3, -0.25) is 0 Å². The van der Waals surface area contributed by atoms with Crippen LogP contribution in [0.25, 0.3) is 0 Å². The van der Waals surface area contributed by atoms with Crippen LogP contribution in [0.1, 0.15) is 25.3 Å². The molecular formula is C11H11F2NO. The van der Waals surface area contributed by atoms with Gasteiger partial charge in [-0.2, -0.15) is 5.26 Å². The monoisotopic (exact) mass is 211 g/mol. The zero-order valence-corrected chi connectivity index (χ0v) is 8.39. The Balaban J connectivity index is 2.85. The van der Waals surface area contributed by atoms with Gasteiger partial charge in [0.1, 0.15) is 0 Å². The Morgan fingerprint density at radius 1 is 1.33 bits per heavy atom. The number of benzene rings is 1. The lowest BCUT2D eigenvalue weighted by Gasteiger charge is -2.07. The Hall–Kier alpha value is -1.63. The van der Waals surface area contributed by atoms with Gasteiger partial charge in [0, 0.05) is 0 Å². The van der Waals surface area contributed by atoms with E-state index in [0.29, 0.717) is 0 Å². The first-order valence-corrected chi connectivity index (χ1v) is 4.71. The van der Waals surface area contributed by atoms with E-state index >= 15 is 0 Å². The van der Waals surface area contributed by atoms with Crippen LogP contribution < -0.4 is 4.74 Å². The molecule has 0 unspecified atom stereocenters. The van der Waals surface area contributed by atoms with Gasteiger partial charge in [0.25, 0.3) is 0 Å². The van der Waals surface area contributed by atoms with Gasteiger partial charge in [0.05, 0.1) is 18.2 Å². The van der Waals surface area contributed by atoms with Crippen LogP contribution in [0.15, 0.2) is 12.1 Å². The van der Waals surface area contributed by atoms with Crippen LogP contribution in [0.4, 0.5) is 8.78 Å². The summed E-state index contributed by atoms with van der Waals surface area (Å²) in [4.78, 5) is 0. The summed E-state index contributed by atoms with van der Waals surface area (Å²) in [6.45, 7) is 2.23. The van der Waals surface area contributed by atoms with Gasteiger partial charge in [0.2, 0.25) is 0 Å². The lowest BCUT2D eigenvalue weighted by atomic mass is 10.2. The van der Waals surface area contributed by atoms with Crippen LogP contribution >= 0.6 is 0 Å². The number of rotatable bonds is 4. The van der Waals surface area contributed by atoms with E-state index < -0.39 is 17.4 Å². The molecule has 0 saturated carbocycles. The molecule has 0 aliphatic carbocycles. The van der Waals surface area contributed by atoms with Gasteiger partial charge in [-0.25, -0.2) is 8.78 Å². The van der Waals surface area contributed by atoms with Gasteiger partial charge in [-0.05, 0) is 18.6 Å². The van der Waals surface area contributed by atoms with E-state index in [9.17, 15) is 8.78 Å². The fraction of sp³-hybridized carbons (Fsp3) is 0.364. The molecule has 0 heterocycles. The number of unbranched alkanes of at least 4 members (excludes halogenated alkanes) is 1. The summed E-state index contributed by atoms with van der Waals surface area (Å²) in [6.07, 6.45) is 1.62. The number of hydrogen-bond acceptors (Lipinski definition) is 2. The average molecular weight is 211 g/mol. The fourth-order valence-corrected chi connectivity index (χ4v) is 1.08. The molecule has 0 atom stereocenters. The minimum Gasteiger partial charge on any atom is -0.488 e. The second kappa shape index (κ2) is 5.30. The van der Waals surface area contributed by atoms with Gasteiger partial charge >= 0.3 is 0 Å². The highest BCUT2D eigenvalue weighted by atomic mass is 19.1. The molecule has 0 radical (unpaired) electrons. The van der Waals surface area contributed by atoms with Gasteiger partial charge in [-0.15, -0.1) is 0 Å². The van der Waals surface area contributed by atoms with E-state index in [4.69, 9.17) is 10.00 Å². The Morgan fingerprint density at radius 3 is 2.40 bits per heavy atom. The van der Waals surface area contributed by atoms with Crippen molar-refractivity contribution in [1.82, 2.24) is 0 Å². The van der Waals surface area contributed by atoms with E-state index in [2.05, 4.69) is 0 Å². The summed E-state index contributed by atoms with van der Waals surface area (Å²) in [7, 11) is 0. The van der Waals surface area contributed by atoms with Crippen LogP contribution in [0.5, 0.6) is 5.75 Å². The lowest BCUT2D eigenvalue weighted by Crippen LogP contribution is -2.01. The number of halogens is 2. The minimum atomic E-state index is -0.831. The quantitative estimate of drug-likeness (QED) is 0.717. The van der Waals surface area contributed by atoms with Crippen LogP contribution in [-0.2, 0) is 0 Å². The van der Waals surface area contributed by atoms with Crippen LogP contribution in [-0.4, -0.2) is 6.61 Å². The third-order valence-corrected chi connectivity index (χ3v) is 1.87. The molecule has 2 nitrogen and oxygen atoms in total. The molecule has 0 bridgehead atoms. The Labute approximate surface area is 87.1 Å². The molecule has 80 valence electrons. The maximum atomic E-state index is 13.2. The fourth-order valence-electron chi connectivity index (χ4n) is 1.08. The summed E-state index contributed by atoms with van der Waals surface area (Å²) in [5.41, 5.74) is -0.0483. The Bertz CT molecular complexity index is 362. The van der Waals surface area contributed by atoms with E-state index in [1.807, 2.05) is 6.92 Å². The van der Waals surface area contributed by atoms with Crippen LogP contribution in [0.2, 0.25) is 0 Å². The van der Waals surface area contributed by atoms with Gasteiger partial charge in [0.15, 0.2) is 17.4 Å². The molecular weight excluding hydrogens is 200 g/mol. The molecule has 15 heavy (non-hydrogen) atoms. The number of hydrogen-bond donors (Lipinski definition) is 0. The molecule has 1 aromatic carbocycles. The highest BCUT2D eigenvalue weighted by Gasteiger charge is 2.12. The molecule has 1 rings (SSSR count). The first kappa shape index (κ1) is 11.4. The van der Waals surface area contributed by atoms with E-state index in [1.54, 1.807) is 6.07 Å². The van der Waals surface area contributed by atoms with Crippen molar-refractivity contribution in [3.8, 4) is 11.8 Å². The largest absolute Gasteiger partial charge is 0.488 e. The molecule has 0 N–H and O–H groups in total. The van der Waals surface area contributed by atoms with Crippen molar-refractivity contribution in [3.63, 3.8) is 0 Å². The molecule has 0 amide bonds. The highest BCUT2D eigenvalue weighted by Crippen LogP contribution is 2.23. The summed E-state index contributed by atoms with van der Waals surface area (Å²) < 4.78 is 31.4. The standard InChI is InChI=1S/C11H11F2NO/c1-2-3-4-15-11-9(12)5-8(7-14)6-10(11)13/h5-6H,2-4H2,1H3. The predicted molar refractivity (Wildman–Crippen MR) is 51.5 cm³/mol. The summed E-state index contributed by atoms with van der Waals surface area (Å²) >= 11 is 0. The molecule has 4 heteroatoms. The van der Waals surface area contributed by atoms with Crippen molar-refractivity contribution in [2.45, 2.75) is 19.8 Å². The summed E-state index contributed by atoms with van der Waals surface area (Å²) in [6, 6.07) is 3.59. The van der Waals surface area contributed by atoms with Gasteiger partial charge in [-0.1, -0.05) is 13.3 Å². The average Bonchev–Trinajstić information content (AvgIpc) is 2.22. The predicted octanol–water partition coefficient (Wildman–Crippen LogP) is 3.02. The summed E-state index contributed by atoms with van der Waals surface area (Å²) in [5, 5.41) is 8.47. The number of ether oxygens (including phenoxy) is 1. The van der Waals surface area contributed by atoms with Crippen molar-refractivity contribution in [2.75, 3.05) is 6.61 Å². The second-order valence-electron chi connectivity index (χ2n) is 3.08. The Morgan fingerprint density at radius 2 is 1.93 bits per heavy atom. The zero-order valence-electron chi connectivity index (χ0n) is 8.39. The molecule has 0 aliphatic heterocycles. The van der Waals surface area contributed by atoms with Crippen LogP contribution in [0, 0.1) is 23.0 Å². The third kappa shape index (κ3) is 2.91. The molecule has 0 saturated heterocycles. The van der Waals surface area contributed by atoms with Crippen molar-refractivity contribution in [3.05, 3.63) is 29.3 Å². The van der Waals surface area contributed by atoms with Crippen molar-refractivity contribution >= 4 is 0 Å². The molecule has 0 spiro atoms. The minimum absolute atomic E-state index is 0.0483. The molecule has 0 fully saturated rings. The Kier molecular flexibility index (Phi) is 4.04. The summed E-state index contributed by atoms with van der Waals surface area (Å²) in [5.74, 6) is -2.06. The lowest BCUT2D eigenvalue weighted by molar-refractivity contribution is 0.278. The first-order valence-electron chi connectivity index (χ1n) is 4.71. The van der Waals surface area contributed by atoms with E-state index in [-0.39, 0.29) is 12.2 Å². The van der Waals surface area contributed by atoms with Crippen LogP contribution in [0.3, 0.4) is 0 Å². The molecule has 0 aromatic heterocycles. The van der Waals surface area contributed by atoms with E-state index in [1.165, 1.54) is 0 Å². The number of nitrogens with zero attached hydrogens (tertiary/aromatic N) is 1. The maximum absolute atomic E-state index is 13.2. The van der Waals surface area contributed by atoms with Crippen molar-refractivity contribution in [1.29, 1.82) is 5.26 Å². The third-order valence-electron chi connectivity index (χ3n) is 1.87. The topological polar surface area (TPSA) is 33.0 Å². The SMILES string of the molecule is CCCCOc1c(F)cc(C#N)cc1F. The highest BCUT2D eigenvalue weighted by molar-refractivity contribution is 5.37. The van der Waals surface area contributed by atoms with Crippen molar-refractivity contribution < 1.29 is 13.5 Å². The van der Waals surface area contributed by atoms with E-state index in [0.717, 1.165) is 25.0 Å². The zero-order chi connectivity index (χ0) is 11.3. The maximum Gasteiger partial charge on any atom is 0.190 e. The van der Waals surface area contributed by atoms with Crippen molar-refractivity contribution in [2.24, 2.45) is 0 Å². The second-order valence-corrected chi connectivity index (χ2v) is 3.08. The van der Waals surface area contributed by atoms with Gasteiger partial charge < -0.3 is 4.74 Å². The molecule has 1 aromatic rings. The first-order chi connectivity index (χ1) is 7.19. The molecule has 0 aliphatic rings. The smallest absolute Gasteiger partial charge is 0.190 e. The number of nitriles is 1. The normalized spacial score (nSPS) is 9.73.